The maximum Gasteiger partial charge on any atom is 0.341 e. The summed E-state index contributed by atoms with van der Waals surface area (Å²) in [5, 5.41) is 22.5. The molecule has 2 aromatic carbocycles. The van der Waals surface area contributed by atoms with E-state index in [4.69, 9.17) is 23.2 Å². The summed E-state index contributed by atoms with van der Waals surface area (Å²) in [7, 11) is 0. The van der Waals surface area contributed by atoms with Gasteiger partial charge in [0.05, 0.1) is 9.95 Å². The lowest BCUT2D eigenvalue weighted by molar-refractivity contribution is -0.389. The van der Waals surface area contributed by atoms with Gasteiger partial charge in [0, 0.05) is 11.1 Å². The second kappa shape index (κ2) is 9.18. The van der Waals surface area contributed by atoms with Gasteiger partial charge in [0.1, 0.15) is 11.1 Å². The van der Waals surface area contributed by atoms with Gasteiger partial charge in [0.25, 0.3) is 10.8 Å². The van der Waals surface area contributed by atoms with Crippen molar-refractivity contribution in [2.45, 2.75) is 10.1 Å². The van der Waals surface area contributed by atoms with Gasteiger partial charge in [0.15, 0.2) is 0 Å². The number of H-pyrrole nitrogens is 1. The predicted molar refractivity (Wildman–Crippen MR) is 98.9 cm³/mol. The Kier molecular flexibility index (Phi) is 6.96. The first-order valence-corrected chi connectivity index (χ1v) is 8.46. The van der Waals surface area contributed by atoms with E-state index in [0.717, 1.165) is 23.0 Å². The molecule has 3 rings (SSSR count). The first-order chi connectivity index (χ1) is 12.4. The summed E-state index contributed by atoms with van der Waals surface area (Å²) in [6.07, 6.45) is 1.03. The summed E-state index contributed by atoms with van der Waals surface area (Å²) in [6.45, 7) is 0. The molecular formula is C15H10Cl2N4O4S. The molecular weight excluding hydrogens is 403 g/mol. The Bertz CT molecular complexity index is 921. The number of aromatic amines is 1. The Balaban J connectivity index is 0.000000290. The van der Waals surface area contributed by atoms with Gasteiger partial charge in [-0.05, 0) is 34.9 Å². The average Bonchev–Trinajstić information content (AvgIpc) is 3.07. The lowest BCUT2D eigenvalue weighted by Crippen LogP contribution is -1.92. The minimum absolute atomic E-state index is 0.155. The zero-order valence-corrected chi connectivity index (χ0v) is 15.2. The second-order valence-electron chi connectivity index (χ2n) is 4.57. The highest BCUT2D eigenvalue weighted by Crippen LogP contribution is 2.38. The molecule has 11 heteroatoms. The summed E-state index contributed by atoms with van der Waals surface area (Å²) in [5.41, 5.74) is -0.184. The molecule has 1 N–H and O–H groups in total. The fraction of sp³-hybridized carbons (Fsp3) is 0. The summed E-state index contributed by atoms with van der Waals surface area (Å²) >= 11 is 12.3. The van der Waals surface area contributed by atoms with Crippen molar-refractivity contribution < 1.29 is 9.85 Å². The number of hydrogen-bond acceptors (Lipinski definition) is 6. The molecule has 0 aliphatic heterocycles. The summed E-state index contributed by atoms with van der Waals surface area (Å²) in [6, 6.07) is 13.7. The number of aromatic nitrogens is 2. The van der Waals surface area contributed by atoms with Crippen LogP contribution in [0.3, 0.4) is 0 Å². The standard InChI is InChI=1S/C9H5ClN4O4S.C6H5Cl/c10-5-2-1-3-6(13(15)16)8(5)19-9-11-4-7(12-9)14(17)18;7-6-4-2-1-3-5-6/h1-4H,(H,11,12);1-5H. The number of imidazole rings is 1. The number of nitrogens with zero attached hydrogens (tertiary/aromatic N) is 3. The average molecular weight is 413 g/mol. The van der Waals surface area contributed by atoms with Gasteiger partial charge in [-0.2, -0.15) is 0 Å². The molecule has 0 fully saturated rings. The second-order valence-corrected chi connectivity index (χ2v) is 6.42. The fourth-order valence-corrected chi connectivity index (χ4v) is 2.99. The van der Waals surface area contributed by atoms with E-state index in [0.29, 0.717) is 0 Å². The highest BCUT2D eigenvalue weighted by Gasteiger charge is 2.21. The van der Waals surface area contributed by atoms with Crippen LogP contribution in [-0.4, -0.2) is 19.8 Å². The number of halogens is 2. The SMILES string of the molecule is Clc1ccccc1.O=[N+]([O-])c1cnc(Sc2c(Cl)cccc2[N+](=O)[O-])[nH]1. The molecule has 0 atom stereocenters. The molecule has 26 heavy (non-hydrogen) atoms. The highest BCUT2D eigenvalue weighted by atomic mass is 35.5. The van der Waals surface area contributed by atoms with Crippen molar-refractivity contribution in [2.75, 3.05) is 0 Å². The molecule has 1 aromatic heterocycles. The molecule has 0 amide bonds. The van der Waals surface area contributed by atoms with Crippen molar-refractivity contribution in [3.05, 3.63) is 85.0 Å². The number of nitro groups is 2. The van der Waals surface area contributed by atoms with E-state index in [1.54, 1.807) is 0 Å². The zero-order valence-electron chi connectivity index (χ0n) is 12.8. The molecule has 1 heterocycles. The summed E-state index contributed by atoms with van der Waals surface area (Å²) in [5.74, 6) is -0.294. The molecule has 0 radical (unpaired) electrons. The third-order valence-corrected chi connectivity index (χ3v) is 4.52. The molecule has 0 saturated heterocycles. The van der Waals surface area contributed by atoms with E-state index < -0.39 is 9.85 Å². The van der Waals surface area contributed by atoms with Crippen molar-refractivity contribution in [3.63, 3.8) is 0 Å². The highest BCUT2D eigenvalue weighted by molar-refractivity contribution is 7.99. The Morgan fingerprint density at radius 1 is 0.962 bits per heavy atom. The molecule has 0 unspecified atom stereocenters. The molecule has 8 nitrogen and oxygen atoms in total. The van der Waals surface area contributed by atoms with Gasteiger partial charge < -0.3 is 10.1 Å². The molecule has 0 saturated carbocycles. The number of nitrogens with one attached hydrogen (secondary N) is 1. The predicted octanol–water partition coefficient (Wildman–Crippen LogP) is 5.37. The molecule has 0 aliphatic carbocycles. The van der Waals surface area contributed by atoms with Crippen LogP contribution in [0.4, 0.5) is 11.5 Å². The Labute approximate surface area is 161 Å². The van der Waals surface area contributed by atoms with Crippen molar-refractivity contribution in [1.29, 1.82) is 0 Å². The molecule has 3 aromatic rings. The van der Waals surface area contributed by atoms with Gasteiger partial charge in [0.2, 0.25) is 0 Å². The van der Waals surface area contributed by atoms with Crippen molar-refractivity contribution in [3.8, 4) is 0 Å². The first kappa shape index (κ1) is 19.7. The summed E-state index contributed by atoms with van der Waals surface area (Å²) < 4.78 is 0. The maximum atomic E-state index is 10.9. The van der Waals surface area contributed by atoms with Gasteiger partial charge in [-0.3, -0.25) is 10.1 Å². The number of hydrogen-bond donors (Lipinski definition) is 1. The molecule has 134 valence electrons. The van der Waals surface area contributed by atoms with E-state index in [1.165, 1.54) is 18.2 Å². The van der Waals surface area contributed by atoms with E-state index in [2.05, 4.69) is 9.97 Å². The summed E-state index contributed by atoms with van der Waals surface area (Å²) in [4.78, 5) is 26.5. The third kappa shape index (κ3) is 5.45. The lowest BCUT2D eigenvalue weighted by Gasteiger charge is -2.01. The van der Waals surface area contributed by atoms with Gasteiger partial charge in [-0.15, -0.1) is 0 Å². The van der Waals surface area contributed by atoms with E-state index in [1.807, 2.05) is 30.3 Å². The quantitative estimate of drug-likeness (QED) is 0.454. The zero-order chi connectivity index (χ0) is 19.1. The van der Waals surface area contributed by atoms with E-state index >= 15 is 0 Å². The van der Waals surface area contributed by atoms with E-state index in [9.17, 15) is 20.2 Å². The Hall–Kier alpha value is -2.62. The minimum Gasteiger partial charge on any atom is -0.358 e. The first-order valence-electron chi connectivity index (χ1n) is 6.89. The minimum atomic E-state index is -0.641. The van der Waals surface area contributed by atoms with E-state index in [-0.39, 0.29) is 26.6 Å². The smallest absolute Gasteiger partial charge is 0.341 e. The van der Waals surface area contributed by atoms with Gasteiger partial charge in [-0.1, -0.05) is 47.5 Å². The van der Waals surface area contributed by atoms with Crippen molar-refractivity contribution in [1.82, 2.24) is 9.97 Å². The number of rotatable bonds is 4. The van der Waals surface area contributed by atoms with Gasteiger partial charge in [-0.25, -0.2) is 9.97 Å². The van der Waals surface area contributed by atoms with Crippen molar-refractivity contribution in [2.24, 2.45) is 0 Å². The van der Waals surface area contributed by atoms with Gasteiger partial charge >= 0.3 is 5.82 Å². The molecule has 0 bridgehead atoms. The fourth-order valence-electron chi connectivity index (χ4n) is 1.69. The number of nitro benzene ring substituents is 1. The topological polar surface area (TPSA) is 115 Å². The van der Waals surface area contributed by atoms with Crippen LogP contribution in [0.25, 0.3) is 0 Å². The van der Waals surface area contributed by atoms with Crippen LogP contribution in [0.15, 0.2) is 64.8 Å². The maximum absolute atomic E-state index is 10.9. The lowest BCUT2D eigenvalue weighted by atomic mass is 10.3. The molecule has 0 spiro atoms. The van der Waals surface area contributed by atoms with Crippen LogP contribution in [0.2, 0.25) is 10.0 Å². The monoisotopic (exact) mass is 412 g/mol. The Morgan fingerprint density at radius 2 is 1.65 bits per heavy atom. The van der Waals surface area contributed by atoms with Crippen LogP contribution >= 0.6 is 35.0 Å². The van der Waals surface area contributed by atoms with Crippen molar-refractivity contribution >= 4 is 46.5 Å². The van der Waals surface area contributed by atoms with Crippen LogP contribution in [0.5, 0.6) is 0 Å². The number of benzene rings is 2. The normalized spacial score (nSPS) is 9.92. The Morgan fingerprint density at radius 3 is 2.15 bits per heavy atom. The molecule has 0 aliphatic rings. The van der Waals surface area contributed by atoms with Crippen LogP contribution in [0, 0.1) is 20.2 Å². The largest absolute Gasteiger partial charge is 0.358 e. The van der Waals surface area contributed by atoms with Crippen LogP contribution < -0.4 is 0 Å². The van der Waals surface area contributed by atoms with Crippen LogP contribution in [0.1, 0.15) is 0 Å². The third-order valence-electron chi connectivity index (χ3n) is 2.81. The van der Waals surface area contributed by atoms with Crippen LogP contribution in [-0.2, 0) is 0 Å².